The topological polar surface area (TPSA) is 80.4 Å². The summed E-state index contributed by atoms with van der Waals surface area (Å²) in [4.78, 5) is 20.1. The van der Waals surface area contributed by atoms with Gasteiger partial charge in [-0.3, -0.25) is 14.9 Å². The van der Waals surface area contributed by atoms with E-state index in [0.29, 0.717) is 0 Å². The van der Waals surface area contributed by atoms with Crippen LogP contribution in [0.4, 0.5) is 18.9 Å². The highest BCUT2D eigenvalue weighted by molar-refractivity contribution is 9.10. The number of halogens is 4. The molecule has 98 valence electrons. The number of alkyl halides is 3. The fourth-order valence-electron chi connectivity index (χ4n) is 1.42. The summed E-state index contributed by atoms with van der Waals surface area (Å²) in [5, 5.41) is 19.2. The third-order valence-corrected chi connectivity index (χ3v) is 2.71. The maximum absolute atomic E-state index is 12.8. The molecule has 18 heavy (non-hydrogen) atoms. The van der Waals surface area contributed by atoms with Crippen molar-refractivity contribution in [2.24, 2.45) is 0 Å². The smallest absolute Gasteiger partial charge is 0.418 e. The Bertz CT molecular complexity index is 515. The lowest BCUT2D eigenvalue weighted by molar-refractivity contribution is -0.385. The molecule has 1 aromatic rings. The van der Waals surface area contributed by atoms with Gasteiger partial charge in [0.25, 0.3) is 5.69 Å². The van der Waals surface area contributed by atoms with Crippen LogP contribution in [-0.2, 0) is 17.4 Å². The average molecular weight is 328 g/mol. The van der Waals surface area contributed by atoms with Crippen LogP contribution in [0.15, 0.2) is 16.6 Å². The van der Waals surface area contributed by atoms with E-state index in [1.807, 2.05) is 0 Å². The summed E-state index contributed by atoms with van der Waals surface area (Å²) in [5.74, 6) is -1.58. The van der Waals surface area contributed by atoms with E-state index in [1.165, 1.54) is 0 Å². The number of carbonyl (C=O) groups is 1. The summed E-state index contributed by atoms with van der Waals surface area (Å²) in [6.45, 7) is 0. The largest absolute Gasteiger partial charge is 0.481 e. The fraction of sp³-hybridized carbons (Fsp3) is 0.222. The van der Waals surface area contributed by atoms with Crippen molar-refractivity contribution < 1.29 is 28.0 Å². The number of nitro groups is 1. The monoisotopic (exact) mass is 327 g/mol. The van der Waals surface area contributed by atoms with Crippen LogP contribution < -0.4 is 0 Å². The van der Waals surface area contributed by atoms with E-state index in [1.54, 1.807) is 0 Å². The lowest BCUT2D eigenvalue weighted by Crippen LogP contribution is -2.15. The van der Waals surface area contributed by atoms with Crippen molar-refractivity contribution in [2.75, 3.05) is 0 Å². The second-order valence-electron chi connectivity index (χ2n) is 3.25. The summed E-state index contributed by atoms with van der Waals surface area (Å²) in [6.07, 6.45) is -5.96. The van der Waals surface area contributed by atoms with E-state index in [9.17, 15) is 28.1 Å². The molecular formula is C9H5BrF3NO4. The van der Waals surface area contributed by atoms with E-state index >= 15 is 0 Å². The van der Waals surface area contributed by atoms with Crippen molar-refractivity contribution in [3.05, 3.63) is 37.8 Å². The second kappa shape index (κ2) is 4.92. The summed E-state index contributed by atoms with van der Waals surface area (Å²) in [7, 11) is 0. The first-order valence-corrected chi connectivity index (χ1v) is 5.18. The van der Waals surface area contributed by atoms with Gasteiger partial charge in [0, 0.05) is 10.5 Å². The molecule has 1 rings (SSSR count). The molecule has 0 aromatic heterocycles. The SMILES string of the molecule is O=C(O)Cc1c([N+](=O)[O-])ccc(Br)c1C(F)(F)F. The zero-order valence-electron chi connectivity index (χ0n) is 8.49. The van der Waals surface area contributed by atoms with Crippen LogP contribution in [0.5, 0.6) is 0 Å². The van der Waals surface area contributed by atoms with Gasteiger partial charge in [0.2, 0.25) is 0 Å². The van der Waals surface area contributed by atoms with Crippen molar-refractivity contribution in [3.8, 4) is 0 Å². The first kappa shape index (κ1) is 14.4. The Hall–Kier alpha value is -1.64. The second-order valence-corrected chi connectivity index (χ2v) is 4.10. The zero-order chi connectivity index (χ0) is 14.1. The highest BCUT2D eigenvalue weighted by Gasteiger charge is 2.39. The predicted molar refractivity (Wildman–Crippen MR) is 57.1 cm³/mol. The fourth-order valence-corrected chi connectivity index (χ4v) is 2.01. The molecule has 0 spiro atoms. The Morgan fingerprint density at radius 2 is 2.00 bits per heavy atom. The lowest BCUT2D eigenvalue weighted by Gasteiger charge is -2.13. The summed E-state index contributed by atoms with van der Waals surface area (Å²) < 4.78 is 37.8. The van der Waals surface area contributed by atoms with Crippen molar-refractivity contribution >= 4 is 27.6 Å². The Morgan fingerprint density at radius 1 is 1.44 bits per heavy atom. The Balaban J connectivity index is 3.60. The standard InChI is InChI=1S/C9H5BrF3NO4/c10-5-1-2-6(14(17)18)4(3-7(15)16)8(5)9(11,12)13/h1-2H,3H2,(H,15,16). The van der Waals surface area contributed by atoms with Crippen LogP contribution in [0.3, 0.4) is 0 Å². The van der Waals surface area contributed by atoms with E-state index < -0.39 is 44.8 Å². The molecule has 0 radical (unpaired) electrons. The highest BCUT2D eigenvalue weighted by Crippen LogP contribution is 2.41. The summed E-state index contributed by atoms with van der Waals surface area (Å²) in [5.41, 5.74) is -3.07. The molecule has 0 fully saturated rings. The van der Waals surface area contributed by atoms with Gasteiger partial charge in [-0.2, -0.15) is 13.2 Å². The normalized spacial score (nSPS) is 11.3. The maximum atomic E-state index is 12.8. The molecule has 1 N–H and O–H groups in total. The van der Waals surface area contributed by atoms with Gasteiger partial charge >= 0.3 is 12.1 Å². The van der Waals surface area contributed by atoms with Gasteiger partial charge in [0.1, 0.15) is 0 Å². The lowest BCUT2D eigenvalue weighted by atomic mass is 10.0. The third kappa shape index (κ3) is 2.97. The van der Waals surface area contributed by atoms with Crippen molar-refractivity contribution in [3.63, 3.8) is 0 Å². The van der Waals surface area contributed by atoms with Crippen molar-refractivity contribution in [2.45, 2.75) is 12.6 Å². The van der Waals surface area contributed by atoms with Crippen LogP contribution in [0.25, 0.3) is 0 Å². The number of benzene rings is 1. The molecule has 0 aliphatic rings. The van der Waals surface area contributed by atoms with Gasteiger partial charge < -0.3 is 5.11 Å². The molecule has 0 aliphatic carbocycles. The Labute approximate surface area is 106 Å². The first-order valence-electron chi connectivity index (χ1n) is 4.39. The zero-order valence-corrected chi connectivity index (χ0v) is 10.1. The van der Waals surface area contributed by atoms with E-state index in [-0.39, 0.29) is 0 Å². The van der Waals surface area contributed by atoms with Gasteiger partial charge in [-0.25, -0.2) is 0 Å². The number of hydrogen-bond acceptors (Lipinski definition) is 3. The van der Waals surface area contributed by atoms with Crippen LogP contribution in [-0.4, -0.2) is 16.0 Å². The highest BCUT2D eigenvalue weighted by atomic mass is 79.9. The van der Waals surface area contributed by atoms with Crippen LogP contribution in [0, 0.1) is 10.1 Å². The molecule has 0 unspecified atom stereocenters. The summed E-state index contributed by atoms with van der Waals surface area (Å²) >= 11 is 2.62. The maximum Gasteiger partial charge on any atom is 0.418 e. The number of rotatable bonds is 3. The first-order chi connectivity index (χ1) is 8.14. The predicted octanol–water partition coefficient (Wildman–Crippen LogP) is 3.00. The number of carboxylic acids is 1. The van der Waals surface area contributed by atoms with Gasteiger partial charge in [-0.05, 0) is 6.07 Å². The molecule has 9 heteroatoms. The van der Waals surface area contributed by atoms with Gasteiger partial charge in [0.05, 0.1) is 22.5 Å². The van der Waals surface area contributed by atoms with E-state index in [4.69, 9.17) is 5.11 Å². The Kier molecular flexibility index (Phi) is 3.95. The molecule has 0 amide bonds. The van der Waals surface area contributed by atoms with Crippen LogP contribution in [0.2, 0.25) is 0 Å². The molecule has 0 saturated carbocycles. The number of carboxylic acid groups (broad SMARTS) is 1. The number of nitro benzene ring substituents is 1. The molecule has 0 bridgehead atoms. The third-order valence-electron chi connectivity index (χ3n) is 2.05. The number of aliphatic carboxylic acids is 1. The van der Waals surface area contributed by atoms with Crippen LogP contribution >= 0.6 is 15.9 Å². The molecule has 1 aromatic carbocycles. The van der Waals surface area contributed by atoms with E-state index in [2.05, 4.69) is 15.9 Å². The van der Waals surface area contributed by atoms with Gasteiger partial charge in [0.15, 0.2) is 0 Å². The van der Waals surface area contributed by atoms with Crippen LogP contribution in [0.1, 0.15) is 11.1 Å². The minimum Gasteiger partial charge on any atom is -0.481 e. The molecule has 5 nitrogen and oxygen atoms in total. The minimum atomic E-state index is -4.88. The number of nitrogens with zero attached hydrogens (tertiary/aromatic N) is 1. The van der Waals surface area contributed by atoms with Crippen molar-refractivity contribution in [1.82, 2.24) is 0 Å². The number of hydrogen-bond donors (Lipinski definition) is 1. The van der Waals surface area contributed by atoms with E-state index in [0.717, 1.165) is 12.1 Å². The molecule has 0 saturated heterocycles. The average Bonchev–Trinajstić information content (AvgIpc) is 2.13. The molecule has 0 atom stereocenters. The molecular weight excluding hydrogens is 323 g/mol. The molecule has 0 heterocycles. The van der Waals surface area contributed by atoms with Gasteiger partial charge in [-0.15, -0.1) is 0 Å². The Morgan fingerprint density at radius 3 is 2.39 bits per heavy atom. The quantitative estimate of drug-likeness (QED) is 0.683. The summed E-state index contributed by atoms with van der Waals surface area (Å²) in [6, 6.07) is 1.70. The molecule has 0 aliphatic heterocycles. The van der Waals surface area contributed by atoms with Gasteiger partial charge in [-0.1, -0.05) is 15.9 Å². The minimum absolute atomic E-state index is 0.433. The van der Waals surface area contributed by atoms with Crippen molar-refractivity contribution in [1.29, 1.82) is 0 Å².